The molecule has 1 heterocycles. The van der Waals surface area contributed by atoms with Crippen LogP contribution in [0.25, 0.3) is 16.7 Å². The van der Waals surface area contributed by atoms with E-state index in [1.165, 1.54) is 5.56 Å². The van der Waals surface area contributed by atoms with Crippen molar-refractivity contribution >= 4 is 11.0 Å². The smallest absolute Gasteiger partial charge is 0.210 e. The number of aliphatic hydroxyl groups is 1. The van der Waals surface area contributed by atoms with Gasteiger partial charge < -0.3 is 5.11 Å². The van der Waals surface area contributed by atoms with Crippen LogP contribution in [0.2, 0.25) is 0 Å². The number of aromatic nitrogens is 3. The van der Waals surface area contributed by atoms with E-state index in [9.17, 15) is 0 Å². The summed E-state index contributed by atoms with van der Waals surface area (Å²) >= 11 is 0. The monoisotopic (exact) mass is 325 g/mol. The van der Waals surface area contributed by atoms with E-state index >= 15 is 0 Å². The van der Waals surface area contributed by atoms with Gasteiger partial charge in [0, 0.05) is 0 Å². The van der Waals surface area contributed by atoms with Crippen molar-refractivity contribution in [1.82, 2.24) is 15.0 Å². The van der Waals surface area contributed by atoms with Crippen molar-refractivity contribution in [2.45, 2.75) is 51.6 Å². The van der Waals surface area contributed by atoms with Gasteiger partial charge in [0.15, 0.2) is 0 Å². The van der Waals surface area contributed by atoms with Crippen molar-refractivity contribution in [2.24, 2.45) is 0 Å². The minimum Gasteiger partial charge on any atom is -0.393 e. The zero-order valence-corrected chi connectivity index (χ0v) is 14.4. The van der Waals surface area contributed by atoms with E-state index in [1.807, 2.05) is 37.3 Å². The number of fused-ring (bicyclic) bond motifs is 1. The van der Waals surface area contributed by atoms with Crippen molar-refractivity contribution in [3.8, 4) is 5.69 Å². The Morgan fingerprint density at radius 1 is 1.00 bits per heavy atom. The van der Waals surface area contributed by atoms with Crippen molar-refractivity contribution in [1.29, 1.82) is 1.43 Å². The van der Waals surface area contributed by atoms with Crippen LogP contribution in [0.1, 0.15) is 51.0 Å². The number of aliphatic hydroxyl groups excluding tert-OH is 1. The molecule has 0 aliphatic heterocycles. The molecule has 3 rings (SSSR count). The largest absolute Gasteiger partial charge is 0.393 e. The fourth-order valence-electron chi connectivity index (χ4n) is 3.22. The maximum atomic E-state index is 7.07. The molecule has 0 aliphatic rings. The highest BCUT2D eigenvalue weighted by Crippen LogP contribution is 2.31. The van der Waals surface area contributed by atoms with Gasteiger partial charge in [-0.05, 0) is 55.9 Å². The quantitative estimate of drug-likeness (QED) is 0.665. The van der Waals surface area contributed by atoms with Crippen LogP contribution >= 0.6 is 0 Å². The summed E-state index contributed by atoms with van der Waals surface area (Å²) in [5.41, 5.74) is 4.11. The summed E-state index contributed by atoms with van der Waals surface area (Å²) in [6.07, 6.45) is 4.03. The van der Waals surface area contributed by atoms with Crippen LogP contribution in [0, 0.1) is 0 Å². The minimum absolute atomic E-state index is 0.0445. The molecule has 3 aromatic rings. The Bertz CT molecular complexity index is 784. The molecule has 126 valence electrons. The fraction of sp³-hybridized carbons (Fsp3) is 0.400. The molecular weight excluding hydrogens is 298 g/mol. The molecule has 0 aliphatic carbocycles. The second-order valence-electron chi connectivity index (χ2n) is 6.41. The summed E-state index contributed by atoms with van der Waals surface area (Å²) in [6, 6.07) is 16.3. The number of rotatable bonds is 8. The molecular formula is C20H25N3O. The van der Waals surface area contributed by atoms with E-state index in [4.69, 9.17) is 1.43 Å². The van der Waals surface area contributed by atoms with Crippen molar-refractivity contribution in [2.75, 3.05) is 0 Å². The van der Waals surface area contributed by atoms with Crippen molar-refractivity contribution in [3.05, 3.63) is 54.1 Å². The van der Waals surface area contributed by atoms with E-state index in [0.29, 0.717) is 5.92 Å². The average Bonchev–Trinajstić information content (AvgIpc) is 3.09. The molecule has 4 nitrogen and oxygen atoms in total. The number of para-hydroxylation sites is 1. The third kappa shape index (κ3) is 3.65. The molecule has 2 atom stereocenters. The molecule has 4 heteroatoms. The predicted octanol–water partition coefficient (Wildman–Crippen LogP) is 4.47. The second-order valence-corrected chi connectivity index (χ2v) is 6.41. The lowest BCUT2D eigenvalue weighted by Crippen LogP contribution is -2.10. The third-order valence-corrected chi connectivity index (χ3v) is 4.44. The van der Waals surface area contributed by atoms with E-state index < -0.39 is 0 Å². The van der Waals surface area contributed by atoms with Crippen LogP contribution in [0.4, 0.5) is 0 Å². The fourth-order valence-corrected chi connectivity index (χ4v) is 3.22. The highest BCUT2D eigenvalue weighted by molar-refractivity contribution is 5.73. The Hall–Kier alpha value is -2.20. The van der Waals surface area contributed by atoms with E-state index in [-0.39, 0.29) is 6.10 Å². The van der Waals surface area contributed by atoms with Gasteiger partial charge in [-0.15, -0.1) is 10.2 Å². The van der Waals surface area contributed by atoms with Gasteiger partial charge in [0.2, 0.25) is 1.43 Å². The van der Waals surface area contributed by atoms with E-state index in [2.05, 4.69) is 40.4 Å². The molecule has 0 saturated heterocycles. The lowest BCUT2D eigenvalue weighted by Gasteiger charge is -2.20. The Kier molecular flexibility index (Phi) is 4.84. The van der Waals surface area contributed by atoms with Crippen LogP contribution in [-0.4, -0.2) is 27.6 Å². The topological polar surface area (TPSA) is 50.9 Å². The van der Waals surface area contributed by atoms with Crippen LogP contribution in [0.5, 0.6) is 0 Å². The average molecular weight is 325 g/mol. The molecule has 2 aromatic carbocycles. The third-order valence-electron chi connectivity index (χ3n) is 4.44. The van der Waals surface area contributed by atoms with Gasteiger partial charge in [-0.3, -0.25) is 0 Å². The standard InChI is InChI=1S/C20H25N3O/c1-3-8-16(14-13-15(2)24)17-9-4-7-12-20(17)23-21-18-10-5-6-11-19(18)22-23/h4-7,9-12,15-16,24H,3,8,13-14H2,1-2H3/i24T. The van der Waals surface area contributed by atoms with Gasteiger partial charge in [0.1, 0.15) is 11.0 Å². The summed E-state index contributed by atoms with van der Waals surface area (Å²) in [6.45, 7) is 4.16. The molecule has 0 amide bonds. The highest BCUT2D eigenvalue weighted by Gasteiger charge is 2.17. The van der Waals surface area contributed by atoms with Gasteiger partial charge in [0.05, 0.1) is 11.8 Å². The molecule has 0 fully saturated rings. The lowest BCUT2D eigenvalue weighted by molar-refractivity contribution is 0.177. The Morgan fingerprint density at radius 2 is 1.67 bits per heavy atom. The first-order chi connectivity index (χ1) is 12.2. The molecule has 1 aromatic heterocycles. The summed E-state index contributed by atoms with van der Waals surface area (Å²) < 4.78 is 7.07. The van der Waals surface area contributed by atoms with Crippen LogP contribution in [0.3, 0.4) is 0 Å². The lowest BCUT2D eigenvalue weighted by atomic mass is 9.88. The Morgan fingerprint density at radius 3 is 2.33 bits per heavy atom. The normalized spacial score (nSPS) is 14.5. The van der Waals surface area contributed by atoms with Crippen molar-refractivity contribution in [3.63, 3.8) is 0 Å². The van der Waals surface area contributed by atoms with Crippen molar-refractivity contribution < 1.29 is 5.11 Å². The molecule has 1 N–H and O–H groups in total. The summed E-state index contributed by atoms with van der Waals surface area (Å²) in [5, 5.41) is 14.0. The van der Waals surface area contributed by atoms with Gasteiger partial charge >= 0.3 is 0 Å². The molecule has 24 heavy (non-hydrogen) atoms. The molecule has 0 saturated carbocycles. The van der Waals surface area contributed by atoms with Gasteiger partial charge in [-0.25, -0.2) is 0 Å². The number of benzene rings is 2. The van der Waals surface area contributed by atoms with Crippen LogP contribution in [-0.2, 0) is 0 Å². The zero-order chi connectivity index (χ0) is 17.6. The van der Waals surface area contributed by atoms with Gasteiger partial charge in [0.25, 0.3) is 0 Å². The first kappa shape index (κ1) is 15.3. The Labute approximate surface area is 144 Å². The second kappa shape index (κ2) is 7.58. The first-order valence-corrected chi connectivity index (χ1v) is 8.76. The summed E-state index contributed by atoms with van der Waals surface area (Å²) in [7, 11) is 0. The van der Waals surface area contributed by atoms with E-state index in [1.54, 1.807) is 4.80 Å². The number of nitrogens with zero attached hydrogens (tertiary/aromatic N) is 3. The Balaban J connectivity index is 1.95. The van der Waals surface area contributed by atoms with E-state index in [0.717, 1.165) is 42.4 Å². The summed E-state index contributed by atoms with van der Waals surface area (Å²) in [4.78, 5) is 1.76. The SMILES string of the molecule is [3H]OC(C)CCC(CCC)c1ccccc1-n1nc2ccccc2n1. The molecule has 0 bridgehead atoms. The van der Waals surface area contributed by atoms with Crippen LogP contribution < -0.4 is 0 Å². The molecule has 0 spiro atoms. The van der Waals surface area contributed by atoms with Gasteiger partial charge in [-0.1, -0.05) is 43.7 Å². The molecule has 2 unspecified atom stereocenters. The maximum Gasteiger partial charge on any atom is 0.210 e. The molecule has 0 radical (unpaired) electrons. The maximum absolute atomic E-state index is 7.07. The predicted molar refractivity (Wildman–Crippen MR) is 97.4 cm³/mol. The number of hydrogen-bond acceptors (Lipinski definition) is 3. The zero-order valence-electron chi connectivity index (χ0n) is 15.4. The summed E-state index contributed by atoms with van der Waals surface area (Å²) in [5.74, 6) is 0.410. The van der Waals surface area contributed by atoms with Crippen LogP contribution in [0.15, 0.2) is 48.5 Å². The minimum atomic E-state index is -0.0445. The highest BCUT2D eigenvalue weighted by atomic mass is 16.3. The first-order valence-electron chi connectivity index (χ1n) is 9.17. The van der Waals surface area contributed by atoms with Gasteiger partial charge in [-0.2, -0.15) is 4.80 Å². The number of hydrogen-bond donors (Lipinski definition) is 1.